The third-order valence-corrected chi connectivity index (χ3v) is 6.26. The molecule has 122 valence electrons. The zero-order valence-corrected chi connectivity index (χ0v) is 14.0. The molecule has 1 aromatic carbocycles. The minimum Gasteiger partial charge on any atom is -0.493 e. The lowest BCUT2D eigenvalue weighted by atomic mass is 9.99. The van der Waals surface area contributed by atoms with Gasteiger partial charge in [0.15, 0.2) is 0 Å². The summed E-state index contributed by atoms with van der Waals surface area (Å²) >= 11 is 0. The second-order valence-corrected chi connectivity index (χ2v) is 8.14. The molecule has 0 aliphatic carbocycles. The van der Waals surface area contributed by atoms with Crippen molar-refractivity contribution in [2.45, 2.75) is 39.2 Å². The van der Waals surface area contributed by atoms with E-state index in [0.717, 1.165) is 47.5 Å². The highest BCUT2D eigenvalue weighted by Crippen LogP contribution is 2.41. The Labute approximate surface area is 132 Å². The second-order valence-electron chi connectivity index (χ2n) is 5.94. The first kappa shape index (κ1) is 15.6. The molecule has 6 heteroatoms. The zero-order valence-electron chi connectivity index (χ0n) is 13.2. The fourth-order valence-corrected chi connectivity index (χ4v) is 4.35. The van der Waals surface area contributed by atoms with E-state index < -0.39 is 10.0 Å². The van der Waals surface area contributed by atoms with Gasteiger partial charge in [-0.05, 0) is 12.5 Å². The van der Waals surface area contributed by atoms with Crippen molar-refractivity contribution in [3.8, 4) is 11.5 Å². The third kappa shape index (κ3) is 2.82. The summed E-state index contributed by atoms with van der Waals surface area (Å²) in [7, 11) is -1.56. The standard InChI is InChI=1S/C16H23NO4S/c1-3-4-9-22(18,19)17(2)11-14-13-6-8-20-15(13)10-12-5-7-21-16(12)14/h10H,3-9,11H2,1-2H3. The predicted octanol–water partition coefficient (Wildman–Crippen LogP) is 2.12. The summed E-state index contributed by atoms with van der Waals surface area (Å²) in [6, 6.07) is 2.06. The molecule has 0 atom stereocenters. The van der Waals surface area contributed by atoms with Crippen molar-refractivity contribution in [2.75, 3.05) is 26.0 Å². The van der Waals surface area contributed by atoms with Gasteiger partial charge in [0.2, 0.25) is 10.0 Å². The average Bonchev–Trinajstić information content (AvgIpc) is 3.13. The van der Waals surface area contributed by atoms with Gasteiger partial charge in [-0.1, -0.05) is 13.3 Å². The van der Waals surface area contributed by atoms with Crippen LogP contribution in [0.25, 0.3) is 0 Å². The zero-order chi connectivity index (χ0) is 15.7. The normalized spacial score (nSPS) is 16.3. The number of ether oxygens (including phenoxy) is 2. The maximum absolute atomic E-state index is 12.3. The van der Waals surface area contributed by atoms with Crippen LogP contribution in [0.2, 0.25) is 0 Å². The quantitative estimate of drug-likeness (QED) is 0.804. The largest absolute Gasteiger partial charge is 0.493 e. The third-order valence-electron chi connectivity index (χ3n) is 4.37. The Morgan fingerprint density at radius 2 is 2.00 bits per heavy atom. The van der Waals surface area contributed by atoms with Crippen molar-refractivity contribution in [3.63, 3.8) is 0 Å². The molecular weight excluding hydrogens is 302 g/mol. The molecule has 2 heterocycles. The minimum atomic E-state index is -3.22. The van der Waals surface area contributed by atoms with Crippen LogP contribution < -0.4 is 9.47 Å². The number of hydrogen-bond acceptors (Lipinski definition) is 4. The highest BCUT2D eigenvalue weighted by molar-refractivity contribution is 7.89. The number of unbranched alkanes of at least 4 members (excludes halogenated alkanes) is 1. The first-order chi connectivity index (χ1) is 10.5. The Hall–Kier alpha value is -1.27. The molecule has 0 saturated heterocycles. The van der Waals surface area contributed by atoms with Gasteiger partial charge >= 0.3 is 0 Å². The number of hydrogen-bond donors (Lipinski definition) is 0. The van der Waals surface area contributed by atoms with Crippen molar-refractivity contribution >= 4 is 10.0 Å². The minimum absolute atomic E-state index is 0.203. The SMILES string of the molecule is CCCCS(=O)(=O)N(C)Cc1c2c(cc3c1OCC3)OCC2. The summed E-state index contributed by atoms with van der Waals surface area (Å²) in [5, 5.41) is 0. The Kier molecular flexibility index (Phi) is 4.32. The molecule has 0 bridgehead atoms. The van der Waals surface area contributed by atoms with Crippen LogP contribution in [0.4, 0.5) is 0 Å². The molecule has 1 aromatic rings. The molecule has 0 fully saturated rings. The van der Waals surface area contributed by atoms with Crippen LogP contribution in [-0.4, -0.2) is 38.7 Å². The van der Waals surface area contributed by atoms with Crippen LogP contribution >= 0.6 is 0 Å². The van der Waals surface area contributed by atoms with Gasteiger partial charge in [-0.15, -0.1) is 0 Å². The van der Waals surface area contributed by atoms with Crippen molar-refractivity contribution in [2.24, 2.45) is 0 Å². The Morgan fingerprint density at radius 1 is 1.23 bits per heavy atom. The summed E-state index contributed by atoms with van der Waals surface area (Å²) in [4.78, 5) is 0. The number of sulfonamides is 1. The van der Waals surface area contributed by atoms with Crippen LogP contribution in [0.15, 0.2) is 6.07 Å². The number of benzene rings is 1. The van der Waals surface area contributed by atoms with Gasteiger partial charge in [0.1, 0.15) is 11.5 Å². The van der Waals surface area contributed by atoms with Crippen molar-refractivity contribution in [1.29, 1.82) is 0 Å². The lowest BCUT2D eigenvalue weighted by Gasteiger charge is -2.20. The summed E-state index contributed by atoms with van der Waals surface area (Å²) in [5.74, 6) is 1.98. The van der Waals surface area contributed by atoms with Gasteiger partial charge in [0.05, 0.1) is 19.0 Å². The molecule has 0 amide bonds. The van der Waals surface area contributed by atoms with E-state index in [2.05, 4.69) is 6.07 Å². The van der Waals surface area contributed by atoms with Gasteiger partial charge in [0, 0.05) is 43.1 Å². The molecule has 3 rings (SSSR count). The van der Waals surface area contributed by atoms with E-state index in [1.807, 2.05) is 6.92 Å². The van der Waals surface area contributed by atoms with E-state index in [1.54, 1.807) is 7.05 Å². The smallest absolute Gasteiger partial charge is 0.214 e. The molecule has 22 heavy (non-hydrogen) atoms. The lowest BCUT2D eigenvalue weighted by Crippen LogP contribution is -2.29. The number of rotatable bonds is 6. The molecular formula is C16H23NO4S. The average molecular weight is 325 g/mol. The van der Waals surface area contributed by atoms with Gasteiger partial charge in [0.25, 0.3) is 0 Å². The summed E-state index contributed by atoms with van der Waals surface area (Å²) in [6.45, 7) is 3.69. The van der Waals surface area contributed by atoms with Crippen LogP contribution in [0, 0.1) is 0 Å². The molecule has 0 N–H and O–H groups in total. The van der Waals surface area contributed by atoms with Gasteiger partial charge in [-0.3, -0.25) is 0 Å². The van der Waals surface area contributed by atoms with E-state index in [1.165, 1.54) is 4.31 Å². The molecule has 0 spiro atoms. The molecule has 0 saturated carbocycles. The Balaban J connectivity index is 1.90. The topological polar surface area (TPSA) is 55.8 Å². The van der Waals surface area contributed by atoms with E-state index in [4.69, 9.17) is 9.47 Å². The van der Waals surface area contributed by atoms with Crippen molar-refractivity contribution < 1.29 is 17.9 Å². The van der Waals surface area contributed by atoms with Gasteiger partial charge in [-0.2, -0.15) is 0 Å². The fraction of sp³-hybridized carbons (Fsp3) is 0.625. The maximum Gasteiger partial charge on any atom is 0.214 e. The molecule has 0 radical (unpaired) electrons. The van der Waals surface area contributed by atoms with Crippen LogP contribution in [-0.2, 0) is 29.4 Å². The van der Waals surface area contributed by atoms with E-state index in [0.29, 0.717) is 26.2 Å². The van der Waals surface area contributed by atoms with E-state index in [9.17, 15) is 8.42 Å². The lowest BCUT2D eigenvalue weighted by molar-refractivity contribution is 0.348. The van der Waals surface area contributed by atoms with Crippen LogP contribution in [0.3, 0.4) is 0 Å². The fourth-order valence-electron chi connectivity index (χ4n) is 3.06. The van der Waals surface area contributed by atoms with Crippen LogP contribution in [0.1, 0.15) is 36.5 Å². The number of nitrogens with zero attached hydrogens (tertiary/aromatic N) is 1. The molecule has 0 unspecified atom stereocenters. The Morgan fingerprint density at radius 3 is 2.77 bits per heavy atom. The van der Waals surface area contributed by atoms with Crippen LogP contribution in [0.5, 0.6) is 11.5 Å². The molecule has 2 aliphatic heterocycles. The van der Waals surface area contributed by atoms with Gasteiger partial charge in [-0.25, -0.2) is 12.7 Å². The second kappa shape index (κ2) is 6.08. The summed E-state index contributed by atoms with van der Waals surface area (Å²) < 4.78 is 37.6. The maximum atomic E-state index is 12.3. The highest BCUT2D eigenvalue weighted by atomic mass is 32.2. The predicted molar refractivity (Wildman–Crippen MR) is 85.0 cm³/mol. The van der Waals surface area contributed by atoms with Gasteiger partial charge < -0.3 is 9.47 Å². The Bertz CT molecular complexity index is 637. The van der Waals surface area contributed by atoms with E-state index in [-0.39, 0.29) is 5.75 Å². The monoisotopic (exact) mass is 325 g/mol. The van der Waals surface area contributed by atoms with E-state index >= 15 is 0 Å². The molecule has 5 nitrogen and oxygen atoms in total. The molecule has 0 aromatic heterocycles. The van der Waals surface area contributed by atoms with Crippen molar-refractivity contribution in [1.82, 2.24) is 4.31 Å². The summed E-state index contributed by atoms with van der Waals surface area (Å²) in [5.41, 5.74) is 3.23. The summed E-state index contributed by atoms with van der Waals surface area (Å²) in [6.07, 6.45) is 3.26. The number of fused-ring (bicyclic) bond motifs is 2. The molecule has 2 aliphatic rings. The first-order valence-corrected chi connectivity index (χ1v) is 9.51. The highest BCUT2D eigenvalue weighted by Gasteiger charge is 2.29. The van der Waals surface area contributed by atoms with Crippen molar-refractivity contribution in [3.05, 3.63) is 22.8 Å². The first-order valence-electron chi connectivity index (χ1n) is 7.90.